The number of aromatic nitrogens is 3. The predicted octanol–water partition coefficient (Wildman–Crippen LogP) is 2.54. The van der Waals surface area contributed by atoms with Crippen molar-refractivity contribution in [2.45, 2.75) is 11.8 Å². The fourth-order valence-corrected chi connectivity index (χ4v) is 2.44. The van der Waals surface area contributed by atoms with Crippen LogP contribution in [0.4, 0.5) is 0 Å². The number of hydrogen-bond donors (Lipinski definition) is 1. The van der Waals surface area contributed by atoms with E-state index in [4.69, 9.17) is 4.42 Å². The van der Waals surface area contributed by atoms with E-state index in [0.29, 0.717) is 17.7 Å². The van der Waals surface area contributed by atoms with Crippen molar-refractivity contribution in [3.63, 3.8) is 0 Å². The van der Waals surface area contributed by atoms with Crippen LogP contribution in [0, 0.1) is 0 Å². The fraction of sp³-hybridized carbons (Fsp3) is 0.125. The predicted molar refractivity (Wildman–Crippen MR) is 86.5 cm³/mol. The van der Waals surface area contributed by atoms with Crippen molar-refractivity contribution in [3.8, 4) is 11.5 Å². The molecule has 0 aliphatic carbocycles. The smallest absolute Gasteiger partial charge is 0.277 e. The molecule has 6 nitrogen and oxygen atoms in total. The molecular formula is C16H14N4O2S. The second kappa shape index (κ2) is 7.55. The van der Waals surface area contributed by atoms with Crippen molar-refractivity contribution < 1.29 is 9.21 Å². The molecule has 116 valence electrons. The highest BCUT2D eigenvalue weighted by Gasteiger charge is 2.11. The quantitative estimate of drug-likeness (QED) is 0.701. The highest BCUT2D eigenvalue weighted by Crippen LogP contribution is 2.22. The summed E-state index contributed by atoms with van der Waals surface area (Å²) in [4.78, 5) is 15.8. The largest absolute Gasteiger partial charge is 0.411 e. The summed E-state index contributed by atoms with van der Waals surface area (Å²) in [6.07, 6.45) is 3.32. The minimum atomic E-state index is -0.0834. The molecule has 3 aromatic rings. The van der Waals surface area contributed by atoms with E-state index in [9.17, 15) is 4.79 Å². The molecular weight excluding hydrogens is 312 g/mol. The SMILES string of the molecule is O=C(CSc1nnc(-c2cccnc2)o1)NCc1ccccc1. The van der Waals surface area contributed by atoms with Crippen molar-refractivity contribution >= 4 is 17.7 Å². The van der Waals surface area contributed by atoms with Crippen LogP contribution in [0.3, 0.4) is 0 Å². The Labute approximate surface area is 137 Å². The molecule has 0 fully saturated rings. The number of carbonyl (C=O) groups excluding carboxylic acids is 1. The molecule has 0 aliphatic rings. The van der Waals surface area contributed by atoms with Gasteiger partial charge in [-0.05, 0) is 17.7 Å². The van der Waals surface area contributed by atoms with Crippen molar-refractivity contribution in [1.82, 2.24) is 20.5 Å². The molecule has 1 aromatic carbocycles. The Morgan fingerprint density at radius 1 is 1.13 bits per heavy atom. The molecule has 2 heterocycles. The van der Waals surface area contributed by atoms with Crippen LogP contribution in [0.1, 0.15) is 5.56 Å². The summed E-state index contributed by atoms with van der Waals surface area (Å²) in [5.41, 5.74) is 1.81. The van der Waals surface area contributed by atoms with Crippen molar-refractivity contribution in [1.29, 1.82) is 0 Å². The van der Waals surface area contributed by atoms with Crippen LogP contribution in [-0.2, 0) is 11.3 Å². The normalized spacial score (nSPS) is 10.4. The Morgan fingerprint density at radius 3 is 2.78 bits per heavy atom. The minimum Gasteiger partial charge on any atom is -0.411 e. The Hall–Kier alpha value is -2.67. The van der Waals surface area contributed by atoms with E-state index in [-0.39, 0.29) is 11.7 Å². The highest BCUT2D eigenvalue weighted by molar-refractivity contribution is 7.99. The molecule has 3 rings (SSSR count). The lowest BCUT2D eigenvalue weighted by atomic mass is 10.2. The van der Waals surface area contributed by atoms with Gasteiger partial charge in [-0.15, -0.1) is 10.2 Å². The summed E-state index contributed by atoms with van der Waals surface area (Å²) in [7, 11) is 0. The number of hydrogen-bond acceptors (Lipinski definition) is 6. The van der Waals surface area contributed by atoms with Crippen LogP contribution in [-0.4, -0.2) is 26.8 Å². The van der Waals surface area contributed by atoms with Gasteiger partial charge in [0.25, 0.3) is 5.22 Å². The zero-order valence-corrected chi connectivity index (χ0v) is 13.0. The maximum atomic E-state index is 11.8. The molecule has 0 bridgehead atoms. The Balaban J connectivity index is 1.49. The van der Waals surface area contributed by atoms with Crippen molar-refractivity contribution in [3.05, 3.63) is 60.4 Å². The molecule has 1 N–H and O–H groups in total. The third kappa shape index (κ3) is 4.40. The lowest BCUT2D eigenvalue weighted by Gasteiger charge is -2.03. The number of pyridine rings is 1. The van der Waals surface area contributed by atoms with Gasteiger partial charge in [-0.25, -0.2) is 0 Å². The van der Waals surface area contributed by atoms with E-state index < -0.39 is 0 Å². The van der Waals surface area contributed by atoms with Gasteiger partial charge < -0.3 is 9.73 Å². The zero-order chi connectivity index (χ0) is 15.9. The summed E-state index contributed by atoms with van der Waals surface area (Å²) in [6, 6.07) is 13.4. The van der Waals surface area contributed by atoms with Crippen LogP contribution in [0.15, 0.2) is 64.5 Å². The average molecular weight is 326 g/mol. The molecule has 1 amide bonds. The standard InChI is InChI=1S/C16H14N4O2S/c21-14(18-9-12-5-2-1-3-6-12)11-23-16-20-19-15(22-16)13-7-4-8-17-10-13/h1-8,10H,9,11H2,(H,18,21). The van der Waals surface area contributed by atoms with E-state index in [1.54, 1.807) is 18.5 Å². The number of carbonyl (C=O) groups is 1. The first-order chi connectivity index (χ1) is 11.3. The van der Waals surface area contributed by atoms with Gasteiger partial charge in [0.1, 0.15) is 0 Å². The Morgan fingerprint density at radius 2 is 2.00 bits per heavy atom. The number of nitrogens with zero attached hydrogens (tertiary/aromatic N) is 3. The first kappa shape index (κ1) is 15.2. The third-order valence-corrected chi connectivity index (χ3v) is 3.79. The monoisotopic (exact) mass is 326 g/mol. The van der Waals surface area contributed by atoms with Crippen LogP contribution in [0.2, 0.25) is 0 Å². The Bertz CT molecular complexity index is 762. The van der Waals surface area contributed by atoms with E-state index in [1.165, 1.54) is 11.8 Å². The summed E-state index contributed by atoms with van der Waals surface area (Å²) < 4.78 is 5.50. The number of nitrogens with one attached hydrogen (secondary N) is 1. The van der Waals surface area contributed by atoms with Crippen LogP contribution in [0.25, 0.3) is 11.5 Å². The summed E-state index contributed by atoms with van der Waals surface area (Å²) in [6.45, 7) is 0.505. The minimum absolute atomic E-state index is 0.0834. The summed E-state index contributed by atoms with van der Waals surface area (Å²) in [5, 5.41) is 11.1. The second-order valence-corrected chi connectivity index (χ2v) is 5.59. The molecule has 0 spiro atoms. The number of thioether (sulfide) groups is 1. The lowest BCUT2D eigenvalue weighted by Crippen LogP contribution is -2.24. The van der Waals surface area contributed by atoms with Gasteiger partial charge in [0.15, 0.2) is 0 Å². The van der Waals surface area contributed by atoms with Gasteiger partial charge in [0.2, 0.25) is 11.8 Å². The van der Waals surface area contributed by atoms with E-state index >= 15 is 0 Å². The fourth-order valence-electron chi connectivity index (χ4n) is 1.85. The maximum Gasteiger partial charge on any atom is 0.277 e. The number of rotatable bonds is 6. The van der Waals surface area contributed by atoms with Gasteiger partial charge in [-0.2, -0.15) is 0 Å². The molecule has 0 saturated carbocycles. The number of benzene rings is 1. The number of amides is 1. The first-order valence-electron chi connectivity index (χ1n) is 6.98. The van der Waals surface area contributed by atoms with Crippen LogP contribution < -0.4 is 5.32 Å². The second-order valence-electron chi connectivity index (χ2n) is 4.67. The van der Waals surface area contributed by atoms with E-state index in [2.05, 4.69) is 20.5 Å². The Kier molecular flexibility index (Phi) is 5.00. The van der Waals surface area contributed by atoms with Gasteiger partial charge in [0.05, 0.1) is 11.3 Å². The lowest BCUT2D eigenvalue weighted by molar-refractivity contribution is -0.118. The maximum absolute atomic E-state index is 11.8. The first-order valence-corrected chi connectivity index (χ1v) is 7.97. The van der Waals surface area contributed by atoms with Crippen LogP contribution >= 0.6 is 11.8 Å². The topological polar surface area (TPSA) is 80.9 Å². The van der Waals surface area contributed by atoms with E-state index in [1.807, 2.05) is 36.4 Å². The molecule has 0 radical (unpaired) electrons. The molecule has 0 atom stereocenters. The molecule has 2 aromatic heterocycles. The van der Waals surface area contributed by atoms with Crippen molar-refractivity contribution in [2.24, 2.45) is 0 Å². The zero-order valence-electron chi connectivity index (χ0n) is 12.2. The third-order valence-electron chi connectivity index (χ3n) is 2.97. The van der Waals surface area contributed by atoms with Gasteiger partial charge in [0, 0.05) is 18.9 Å². The highest BCUT2D eigenvalue weighted by atomic mass is 32.2. The molecule has 0 saturated heterocycles. The van der Waals surface area contributed by atoms with Crippen molar-refractivity contribution in [2.75, 3.05) is 5.75 Å². The van der Waals surface area contributed by atoms with E-state index in [0.717, 1.165) is 11.1 Å². The summed E-state index contributed by atoms with van der Waals surface area (Å²) >= 11 is 1.21. The average Bonchev–Trinajstić information content (AvgIpc) is 3.09. The molecule has 7 heteroatoms. The van der Waals surface area contributed by atoms with Gasteiger partial charge in [-0.3, -0.25) is 9.78 Å². The molecule has 0 unspecified atom stereocenters. The van der Waals surface area contributed by atoms with Crippen LogP contribution in [0.5, 0.6) is 0 Å². The molecule has 0 aliphatic heterocycles. The van der Waals surface area contributed by atoms with Gasteiger partial charge in [-0.1, -0.05) is 42.1 Å². The molecule has 23 heavy (non-hydrogen) atoms. The van der Waals surface area contributed by atoms with Gasteiger partial charge >= 0.3 is 0 Å². The summed E-state index contributed by atoms with van der Waals surface area (Å²) in [5.74, 6) is 0.534.